The average Bonchev–Trinajstić information content (AvgIpc) is 2.88. The molecule has 0 bridgehead atoms. The summed E-state index contributed by atoms with van der Waals surface area (Å²) >= 11 is -1.39. The van der Waals surface area contributed by atoms with Crippen LogP contribution in [-0.4, -0.2) is 47.9 Å². The van der Waals surface area contributed by atoms with Gasteiger partial charge in [0.15, 0.2) is 4.90 Å². The Labute approximate surface area is 163 Å². The van der Waals surface area contributed by atoms with Gasteiger partial charge in [-0.25, -0.2) is 4.98 Å². The number of anilines is 1. The zero-order valence-corrected chi connectivity index (χ0v) is 16.7. The fourth-order valence-corrected chi connectivity index (χ4v) is 4.06. The molecule has 146 valence electrons. The second-order valence-corrected chi connectivity index (χ2v) is 7.93. The van der Waals surface area contributed by atoms with Crippen molar-refractivity contribution in [2.24, 2.45) is 0 Å². The number of pyridine rings is 1. The molecule has 1 aromatic carbocycles. The molecule has 1 atom stereocenters. The number of nitrogens with zero attached hydrogens (tertiary/aromatic N) is 2. The molecule has 3 rings (SSSR count). The minimum absolute atomic E-state index is 0.283. The Hall–Kier alpha value is -1.83. The molecule has 2 heterocycles. The highest BCUT2D eigenvalue weighted by Gasteiger charge is 2.21. The molecule has 0 amide bonds. The first-order valence-electron chi connectivity index (χ1n) is 9.21. The van der Waals surface area contributed by atoms with Gasteiger partial charge in [0.05, 0.1) is 13.8 Å². The summed E-state index contributed by atoms with van der Waals surface area (Å²) in [4.78, 5) is 7.62. The van der Waals surface area contributed by atoms with E-state index in [1.165, 1.54) is 0 Å². The van der Waals surface area contributed by atoms with Crippen LogP contribution in [0.5, 0.6) is 5.88 Å². The maximum absolute atomic E-state index is 12.7. The molecule has 0 fully saturated rings. The molecule has 0 spiro atoms. The minimum Gasteiger partial charge on any atom is -0.588 e. The predicted molar refractivity (Wildman–Crippen MR) is 106 cm³/mol. The Morgan fingerprint density at radius 3 is 2.70 bits per heavy atom. The number of hydrogen-bond donors (Lipinski definition) is 1. The van der Waals surface area contributed by atoms with E-state index in [-0.39, 0.29) is 6.67 Å². The number of alkyl halides is 1. The summed E-state index contributed by atoms with van der Waals surface area (Å²) in [5, 5.41) is 0. The summed E-state index contributed by atoms with van der Waals surface area (Å²) in [6, 6.07) is 9.57. The maximum Gasteiger partial charge on any atom is 0.241 e. The van der Waals surface area contributed by atoms with Gasteiger partial charge in [-0.15, -0.1) is 0 Å². The van der Waals surface area contributed by atoms with Gasteiger partial charge in [0.1, 0.15) is 17.0 Å². The minimum atomic E-state index is -1.39. The Morgan fingerprint density at radius 2 is 2.00 bits per heavy atom. The van der Waals surface area contributed by atoms with Gasteiger partial charge in [0.25, 0.3) is 0 Å². The molecule has 1 aliphatic rings. The monoisotopic (exact) mass is 391 g/mol. The van der Waals surface area contributed by atoms with Crippen LogP contribution in [0.2, 0.25) is 0 Å². The van der Waals surface area contributed by atoms with Crippen LogP contribution in [0.15, 0.2) is 35.2 Å². The van der Waals surface area contributed by atoms with Gasteiger partial charge in [0.2, 0.25) is 5.88 Å². The van der Waals surface area contributed by atoms with Crippen LogP contribution >= 0.6 is 0 Å². The first-order valence-corrected chi connectivity index (χ1v) is 10.4. The molecule has 27 heavy (non-hydrogen) atoms. The first kappa shape index (κ1) is 19.9. The highest BCUT2D eigenvalue weighted by atomic mass is 32.2. The third kappa shape index (κ3) is 5.12. The number of nitrogens with one attached hydrogen (secondary N) is 1. The van der Waals surface area contributed by atoms with E-state index >= 15 is 0 Å². The van der Waals surface area contributed by atoms with Crippen LogP contribution in [0.25, 0.3) is 0 Å². The van der Waals surface area contributed by atoms with E-state index in [9.17, 15) is 8.94 Å². The Kier molecular flexibility index (Phi) is 6.93. The summed E-state index contributed by atoms with van der Waals surface area (Å²) in [6.45, 7) is 4.22. The lowest BCUT2D eigenvalue weighted by Gasteiger charge is -2.18. The molecular formula is C20H26FN3O2S. The Morgan fingerprint density at radius 1 is 1.26 bits per heavy atom. The van der Waals surface area contributed by atoms with Gasteiger partial charge in [-0.1, -0.05) is 17.7 Å². The van der Waals surface area contributed by atoms with Crippen LogP contribution in [-0.2, 0) is 24.2 Å². The summed E-state index contributed by atoms with van der Waals surface area (Å²) in [6.07, 6.45) is 2.21. The highest BCUT2D eigenvalue weighted by molar-refractivity contribution is 7.92. The number of ether oxygens (including phenoxy) is 1. The second kappa shape index (κ2) is 9.39. The normalized spacial score (nSPS) is 15.7. The molecule has 1 aliphatic heterocycles. The molecular weight excluding hydrogens is 365 g/mol. The third-order valence-electron chi connectivity index (χ3n) is 4.76. The SMILES string of the molecule is COc1nc2c(cc1N[S+]([O-])c1ccc(C)cc1)CCN(CCCF)CC2. The Bertz CT molecular complexity index is 758. The lowest BCUT2D eigenvalue weighted by Crippen LogP contribution is -2.27. The molecule has 5 nitrogen and oxygen atoms in total. The lowest BCUT2D eigenvalue weighted by molar-refractivity contribution is 0.270. The van der Waals surface area contributed by atoms with Crippen molar-refractivity contribution in [3.8, 4) is 5.88 Å². The van der Waals surface area contributed by atoms with E-state index < -0.39 is 11.4 Å². The van der Waals surface area contributed by atoms with E-state index in [4.69, 9.17) is 4.74 Å². The van der Waals surface area contributed by atoms with Crippen LogP contribution in [0.3, 0.4) is 0 Å². The van der Waals surface area contributed by atoms with Gasteiger partial charge in [-0.2, -0.15) is 4.72 Å². The second-order valence-electron chi connectivity index (χ2n) is 6.72. The van der Waals surface area contributed by atoms with Crippen molar-refractivity contribution in [1.82, 2.24) is 9.88 Å². The van der Waals surface area contributed by atoms with Gasteiger partial charge >= 0.3 is 0 Å². The van der Waals surface area contributed by atoms with Crippen molar-refractivity contribution in [2.75, 3.05) is 38.1 Å². The fourth-order valence-electron chi connectivity index (χ4n) is 3.22. The van der Waals surface area contributed by atoms with Crippen molar-refractivity contribution in [2.45, 2.75) is 31.1 Å². The van der Waals surface area contributed by atoms with E-state index in [1.54, 1.807) is 7.11 Å². The summed E-state index contributed by atoms with van der Waals surface area (Å²) in [5.41, 5.74) is 3.88. The zero-order valence-electron chi connectivity index (χ0n) is 15.8. The van der Waals surface area contributed by atoms with E-state index in [2.05, 4.69) is 14.6 Å². The third-order valence-corrected chi connectivity index (χ3v) is 5.86. The maximum atomic E-state index is 12.7. The number of rotatable bonds is 7. The number of hydrogen-bond acceptors (Lipinski definition) is 5. The molecule has 2 aromatic rings. The fraction of sp³-hybridized carbons (Fsp3) is 0.450. The molecule has 0 aliphatic carbocycles. The number of aryl methyl sites for hydroxylation is 1. The quantitative estimate of drug-likeness (QED) is 0.734. The number of benzene rings is 1. The van der Waals surface area contributed by atoms with Crippen LogP contribution in [0, 0.1) is 6.92 Å². The van der Waals surface area contributed by atoms with Crippen molar-refractivity contribution in [3.63, 3.8) is 0 Å². The molecule has 1 N–H and O–H groups in total. The van der Waals surface area contributed by atoms with E-state index in [0.717, 1.165) is 49.3 Å². The number of halogens is 1. The standard InChI is InChI=1S/C20H26FN3O2S/c1-15-4-6-17(7-5-15)27(25)23-19-14-16-8-12-24(11-3-10-21)13-9-18(16)22-20(19)26-2/h4-7,14,23H,3,8-13H2,1-2H3. The molecule has 0 radical (unpaired) electrons. The summed E-state index contributed by atoms with van der Waals surface area (Å²) in [5.74, 6) is 0.450. The molecule has 0 saturated carbocycles. The molecule has 1 aromatic heterocycles. The lowest BCUT2D eigenvalue weighted by atomic mass is 10.1. The molecule has 1 unspecified atom stereocenters. The average molecular weight is 392 g/mol. The highest BCUT2D eigenvalue weighted by Crippen LogP contribution is 2.29. The number of methoxy groups -OCH3 is 1. The van der Waals surface area contributed by atoms with Crippen LogP contribution in [0.1, 0.15) is 23.2 Å². The van der Waals surface area contributed by atoms with Gasteiger partial charge in [-0.05, 0) is 43.5 Å². The van der Waals surface area contributed by atoms with E-state index in [1.807, 2.05) is 37.3 Å². The molecule has 0 saturated heterocycles. The first-order chi connectivity index (χ1) is 13.1. The summed E-state index contributed by atoms with van der Waals surface area (Å²) < 4.78 is 33.6. The largest absolute Gasteiger partial charge is 0.588 e. The van der Waals surface area contributed by atoms with Gasteiger partial charge in [0, 0.05) is 31.7 Å². The Balaban J connectivity index is 1.77. The topological polar surface area (TPSA) is 60.4 Å². The number of aromatic nitrogens is 1. The van der Waals surface area contributed by atoms with Crippen LogP contribution in [0.4, 0.5) is 10.1 Å². The van der Waals surface area contributed by atoms with Crippen LogP contribution < -0.4 is 9.46 Å². The zero-order chi connectivity index (χ0) is 19.2. The van der Waals surface area contributed by atoms with Crippen molar-refractivity contribution in [3.05, 3.63) is 47.2 Å². The van der Waals surface area contributed by atoms with Gasteiger partial charge in [-0.3, -0.25) is 4.39 Å². The van der Waals surface area contributed by atoms with Crippen molar-refractivity contribution in [1.29, 1.82) is 0 Å². The smallest absolute Gasteiger partial charge is 0.241 e. The number of fused-ring (bicyclic) bond motifs is 1. The van der Waals surface area contributed by atoms with Crippen molar-refractivity contribution < 1.29 is 13.7 Å². The van der Waals surface area contributed by atoms with Gasteiger partial charge < -0.3 is 14.2 Å². The summed E-state index contributed by atoms with van der Waals surface area (Å²) in [7, 11) is 1.57. The van der Waals surface area contributed by atoms with Crippen molar-refractivity contribution >= 4 is 17.0 Å². The van der Waals surface area contributed by atoms with E-state index in [0.29, 0.717) is 22.9 Å². The molecule has 7 heteroatoms. The predicted octanol–water partition coefficient (Wildman–Crippen LogP) is 3.29.